The number of amides is 2. The Morgan fingerprint density at radius 3 is 2.44 bits per heavy atom. The van der Waals surface area contributed by atoms with E-state index in [9.17, 15) is 9.59 Å². The second-order valence-electron chi connectivity index (χ2n) is 5.58. The molecular weight excluding hydrogens is 318 g/mol. The van der Waals surface area contributed by atoms with E-state index in [4.69, 9.17) is 5.26 Å². The van der Waals surface area contributed by atoms with Crippen molar-refractivity contribution in [2.24, 2.45) is 0 Å². The van der Waals surface area contributed by atoms with Crippen LogP contribution >= 0.6 is 0 Å². The lowest BCUT2D eigenvalue weighted by Gasteiger charge is -2.10. The van der Waals surface area contributed by atoms with Crippen LogP contribution in [-0.4, -0.2) is 48.9 Å². The molecule has 1 heterocycles. The predicted octanol–water partition coefficient (Wildman–Crippen LogP) is 1.50. The average molecular weight is 337 g/mol. The summed E-state index contributed by atoms with van der Waals surface area (Å²) in [5, 5.41) is 14.5. The van der Waals surface area contributed by atoms with Crippen LogP contribution in [0.15, 0.2) is 42.5 Å². The van der Waals surface area contributed by atoms with Crippen molar-refractivity contribution < 1.29 is 9.59 Å². The first-order valence-electron chi connectivity index (χ1n) is 7.71. The number of rotatable bonds is 6. The molecule has 0 fully saturated rings. The fourth-order valence-corrected chi connectivity index (χ4v) is 2.05. The van der Waals surface area contributed by atoms with Crippen molar-refractivity contribution in [1.82, 2.24) is 15.2 Å². The van der Waals surface area contributed by atoms with Gasteiger partial charge in [0.05, 0.1) is 11.3 Å². The molecule has 2 rings (SSSR count). The molecule has 0 saturated carbocycles. The van der Waals surface area contributed by atoms with Crippen molar-refractivity contribution in [1.29, 1.82) is 5.26 Å². The highest BCUT2D eigenvalue weighted by Crippen LogP contribution is 2.14. The molecule has 0 unspecified atom stereocenters. The molecule has 2 amide bonds. The van der Waals surface area contributed by atoms with Crippen molar-refractivity contribution in [2.45, 2.75) is 0 Å². The van der Waals surface area contributed by atoms with Gasteiger partial charge in [0.1, 0.15) is 17.5 Å². The number of aromatic nitrogens is 1. The third-order valence-electron chi connectivity index (χ3n) is 3.35. The lowest BCUT2D eigenvalue weighted by Crippen LogP contribution is -2.32. The lowest BCUT2D eigenvalue weighted by molar-refractivity contribution is 0.0946. The molecule has 0 aliphatic heterocycles. The fourth-order valence-electron chi connectivity index (χ4n) is 2.05. The summed E-state index contributed by atoms with van der Waals surface area (Å²) >= 11 is 0. The van der Waals surface area contributed by atoms with Gasteiger partial charge < -0.3 is 15.5 Å². The highest BCUT2D eigenvalue weighted by atomic mass is 16.2. The van der Waals surface area contributed by atoms with E-state index in [1.807, 2.05) is 25.1 Å². The number of nitrogens with one attached hydrogen (secondary N) is 2. The van der Waals surface area contributed by atoms with Gasteiger partial charge in [-0.25, -0.2) is 4.98 Å². The smallest absolute Gasteiger partial charge is 0.274 e. The largest absolute Gasteiger partial charge is 0.349 e. The van der Waals surface area contributed by atoms with Crippen LogP contribution in [0.5, 0.6) is 0 Å². The summed E-state index contributed by atoms with van der Waals surface area (Å²) in [5.41, 5.74) is 1.03. The van der Waals surface area contributed by atoms with E-state index in [2.05, 4.69) is 15.6 Å². The second-order valence-corrected chi connectivity index (χ2v) is 5.58. The summed E-state index contributed by atoms with van der Waals surface area (Å²) in [6.07, 6.45) is 0. The van der Waals surface area contributed by atoms with Crippen LogP contribution < -0.4 is 10.6 Å². The Labute approximate surface area is 146 Å². The molecule has 128 valence electrons. The minimum atomic E-state index is -0.481. The zero-order valence-corrected chi connectivity index (χ0v) is 14.1. The number of carbonyl (C=O) groups is 2. The molecule has 0 radical (unpaired) electrons. The Balaban J connectivity index is 2.08. The Kier molecular flexibility index (Phi) is 6.20. The van der Waals surface area contributed by atoms with E-state index in [0.717, 1.165) is 0 Å². The number of para-hydroxylation sites is 1. The SMILES string of the molecule is CN(C)CCNC(=O)c1cccc(C(=O)Nc2ccccc2C#N)n1. The maximum Gasteiger partial charge on any atom is 0.274 e. The quantitative estimate of drug-likeness (QED) is 0.832. The van der Waals surface area contributed by atoms with Crippen molar-refractivity contribution in [3.63, 3.8) is 0 Å². The standard InChI is InChI=1S/C18H19N5O2/c1-23(2)11-10-20-17(24)15-8-5-9-16(21-15)18(25)22-14-7-4-3-6-13(14)12-19/h3-9H,10-11H2,1-2H3,(H,20,24)(H,22,25). The maximum atomic E-state index is 12.3. The van der Waals surface area contributed by atoms with Crippen molar-refractivity contribution in [3.8, 4) is 6.07 Å². The summed E-state index contributed by atoms with van der Waals surface area (Å²) in [6.45, 7) is 1.19. The topological polar surface area (TPSA) is 98.1 Å². The van der Waals surface area contributed by atoms with Gasteiger partial charge in [-0.2, -0.15) is 5.26 Å². The predicted molar refractivity (Wildman–Crippen MR) is 94.2 cm³/mol. The van der Waals surface area contributed by atoms with Gasteiger partial charge >= 0.3 is 0 Å². The molecule has 0 spiro atoms. The molecule has 7 heteroatoms. The van der Waals surface area contributed by atoms with Gasteiger partial charge in [-0.15, -0.1) is 0 Å². The fraction of sp³-hybridized carbons (Fsp3) is 0.222. The minimum Gasteiger partial charge on any atom is -0.349 e. The number of nitrogens with zero attached hydrogens (tertiary/aromatic N) is 3. The first-order valence-corrected chi connectivity index (χ1v) is 7.71. The van der Waals surface area contributed by atoms with Crippen LogP contribution in [0.1, 0.15) is 26.5 Å². The van der Waals surface area contributed by atoms with Gasteiger partial charge in [0.2, 0.25) is 0 Å². The molecular formula is C18H19N5O2. The highest BCUT2D eigenvalue weighted by molar-refractivity contribution is 6.04. The van der Waals surface area contributed by atoms with Gasteiger partial charge in [0.15, 0.2) is 0 Å². The first kappa shape index (κ1) is 18.1. The first-order chi connectivity index (χ1) is 12.0. The third kappa shape index (κ3) is 5.12. The van der Waals surface area contributed by atoms with Crippen molar-refractivity contribution >= 4 is 17.5 Å². The molecule has 0 atom stereocenters. The van der Waals surface area contributed by atoms with E-state index < -0.39 is 5.91 Å². The van der Waals surface area contributed by atoms with Crippen LogP contribution in [0.2, 0.25) is 0 Å². The van der Waals surface area contributed by atoms with Crippen LogP contribution in [0.4, 0.5) is 5.69 Å². The molecule has 25 heavy (non-hydrogen) atoms. The summed E-state index contributed by atoms with van der Waals surface area (Å²) in [4.78, 5) is 30.5. The zero-order valence-electron chi connectivity index (χ0n) is 14.1. The summed E-state index contributed by atoms with van der Waals surface area (Å²) < 4.78 is 0. The Bertz CT molecular complexity index is 811. The molecule has 0 saturated heterocycles. The summed E-state index contributed by atoms with van der Waals surface area (Å²) in [5.74, 6) is -0.820. The summed E-state index contributed by atoms with van der Waals surface area (Å²) in [6, 6.07) is 13.3. The second kappa shape index (κ2) is 8.57. The monoisotopic (exact) mass is 337 g/mol. The van der Waals surface area contributed by atoms with E-state index in [1.54, 1.807) is 36.4 Å². The van der Waals surface area contributed by atoms with Crippen LogP contribution in [0.25, 0.3) is 0 Å². The van der Waals surface area contributed by atoms with Gasteiger partial charge in [0, 0.05) is 13.1 Å². The molecule has 0 aliphatic carbocycles. The average Bonchev–Trinajstić information content (AvgIpc) is 2.61. The van der Waals surface area contributed by atoms with E-state index >= 15 is 0 Å². The van der Waals surface area contributed by atoms with Gasteiger partial charge in [-0.1, -0.05) is 18.2 Å². The molecule has 0 bridgehead atoms. The van der Waals surface area contributed by atoms with Crippen LogP contribution in [-0.2, 0) is 0 Å². The number of likely N-dealkylation sites (N-methyl/N-ethyl adjacent to an activating group) is 1. The van der Waals surface area contributed by atoms with Crippen LogP contribution in [0, 0.1) is 11.3 Å². The minimum absolute atomic E-state index is 0.105. The number of nitriles is 1. The highest BCUT2D eigenvalue weighted by Gasteiger charge is 2.13. The van der Waals surface area contributed by atoms with E-state index in [0.29, 0.717) is 24.3 Å². The molecule has 1 aromatic heterocycles. The van der Waals surface area contributed by atoms with Crippen molar-refractivity contribution in [2.75, 3.05) is 32.5 Å². The number of anilines is 1. The number of hydrogen-bond acceptors (Lipinski definition) is 5. The van der Waals surface area contributed by atoms with E-state index in [1.165, 1.54) is 6.07 Å². The molecule has 1 aromatic carbocycles. The number of benzene rings is 1. The molecule has 0 aliphatic rings. The molecule has 2 N–H and O–H groups in total. The Morgan fingerprint density at radius 2 is 1.76 bits per heavy atom. The Morgan fingerprint density at radius 1 is 1.08 bits per heavy atom. The number of hydrogen-bond donors (Lipinski definition) is 2. The van der Waals surface area contributed by atoms with Gasteiger partial charge in [-0.3, -0.25) is 9.59 Å². The number of carbonyl (C=O) groups excluding carboxylic acids is 2. The lowest BCUT2D eigenvalue weighted by atomic mass is 10.2. The molecule has 2 aromatic rings. The summed E-state index contributed by atoms with van der Waals surface area (Å²) in [7, 11) is 3.82. The normalized spacial score (nSPS) is 10.2. The maximum absolute atomic E-state index is 12.3. The van der Waals surface area contributed by atoms with E-state index in [-0.39, 0.29) is 17.3 Å². The Hall–Kier alpha value is -3.24. The van der Waals surface area contributed by atoms with Gasteiger partial charge in [0.25, 0.3) is 11.8 Å². The number of pyridine rings is 1. The van der Waals surface area contributed by atoms with Crippen molar-refractivity contribution in [3.05, 3.63) is 59.4 Å². The van der Waals surface area contributed by atoms with Crippen LogP contribution in [0.3, 0.4) is 0 Å². The van der Waals surface area contributed by atoms with Gasteiger partial charge in [-0.05, 0) is 38.4 Å². The molecule has 7 nitrogen and oxygen atoms in total. The third-order valence-corrected chi connectivity index (χ3v) is 3.35. The zero-order chi connectivity index (χ0) is 18.2.